The van der Waals surface area contributed by atoms with Gasteiger partial charge in [-0.3, -0.25) is 4.90 Å². The SMILES string of the molecule is CCN1CCCC1CN(C)c1ncc(CNC)s1. The van der Waals surface area contributed by atoms with Crippen LogP contribution >= 0.6 is 11.3 Å². The molecule has 0 bridgehead atoms. The van der Waals surface area contributed by atoms with Crippen molar-refractivity contribution < 1.29 is 0 Å². The van der Waals surface area contributed by atoms with E-state index in [-0.39, 0.29) is 0 Å². The number of likely N-dealkylation sites (N-methyl/N-ethyl adjacent to an activating group) is 2. The number of rotatable bonds is 6. The normalized spacial score (nSPS) is 20.5. The van der Waals surface area contributed by atoms with Crippen molar-refractivity contribution in [2.45, 2.75) is 32.4 Å². The first-order chi connectivity index (χ1) is 8.74. The fourth-order valence-corrected chi connectivity index (χ4v) is 3.53. The third-order valence-electron chi connectivity index (χ3n) is 3.61. The Morgan fingerprint density at radius 1 is 1.61 bits per heavy atom. The minimum atomic E-state index is 0.705. The van der Waals surface area contributed by atoms with Crippen molar-refractivity contribution in [2.24, 2.45) is 0 Å². The molecule has 0 saturated carbocycles. The van der Waals surface area contributed by atoms with Crippen molar-refractivity contribution in [1.82, 2.24) is 15.2 Å². The zero-order valence-electron chi connectivity index (χ0n) is 11.6. The molecule has 0 amide bonds. The van der Waals surface area contributed by atoms with Crippen LogP contribution in [0.25, 0.3) is 0 Å². The van der Waals surface area contributed by atoms with Gasteiger partial charge in [0.2, 0.25) is 0 Å². The third-order valence-corrected chi connectivity index (χ3v) is 4.72. The molecular weight excluding hydrogens is 244 g/mol. The van der Waals surface area contributed by atoms with Gasteiger partial charge in [0.05, 0.1) is 0 Å². The summed E-state index contributed by atoms with van der Waals surface area (Å²) in [6.07, 6.45) is 4.65. The number of hydrogen-bond donors (Lipinski definition) is 1. The van der Waals surface area contributed by atoms with E-state index in [1.54, 1.807) is 11.3 Å². The van der Waals surface area contributed by atoms with Gasteiger partial charge in [-0.05, 0) is 33.0 Å². The second-order valence-corrected chi connectivity index (χ2v) is 6.04. The second-order valence-electron chi connectivity index (χ2n) is 4.94. The summed E-state index contributed by atoms with van der Waals surface area (Å²) < 4.78 is 0. The average molecular weight is 268 g/mol. The van der Waals surface area contributed by atoms with Crippen molar-refractivity contribution in [3.05, 3.63) is 11.1 Å². The Kier molecular flexibility index (Phi) is 4.97. The molecule has 102 valence electrons. The highest BCUT2D eigenvalue weighted by atomic mass is 32.1. The van der Waals surface area contributed by atoms with Crippen LogP contribution in [-0.4, -0.2) is 49.7 Å². The van der Waals surface area contributed by atoms with Gasteiger partial charge in [0.15, 0.2) is 5.13 Å². The summed E-state index contributed by atoms with van der Waals surface area (Å²) in [6.45, 7) is 6.70. The van der Waals surface area contributed by atoms with Gasteiger partial charge in [-0.15, -0.1) is 11.3 Å². The van der Waals surface area contributed by atoms with E-state index in [2.05, 4.69) is 34.1 Å². The highest BCUT2D eigenvalue weighted by molar-refractivity contribution is 7.15. The van der Waals surface area contributed by atoms with Crippen molar-refractivity contribution >= 4 is 16.5 Å². The number of nitrogens with zero attached hydrogens (tertiary/aromatic N) is 3. The molecule has 1 aliphatic rings. The topological polar surface area (TPSA) is 31.4 Å². The van der Waals surface area contributed by atoms with Gasteiger partial charge in [0.25, 0.3) is 0 Å². The van der Waals surface area contributed by atoms with Crippen molar-refractivity contribution in [3.8, 4) is 0 Å². The monoisotopic (exact) mass is 268 g/mol. The molecule has 1 aromatic rings. The Morgan fingerprint density at radius 2 is 2.44 bits per heavy atom. The number of likely N-dealkylation sites (tertiary alicyclic amines) is 1. The van der Waals surface area contributed by atoms with E-state index >= 15 is 0 Å². The molecule has 1 N–H and O–H groups in total. The number of anilines is 1. The molecule has 0 spiro atoms. The fourth-order valence-electron chi connectivity index (χ4n) is 2.64. The predicted octanol–water partition coefficient (Wildman–Crippen LogP) is 1.78. The minimum absolute atomic E-state index is 0.705. The summed E-state index contributed by atoms with van der Waals surface area (Å²) in [5.41, 5.74) is 0. The van der Waals surface area contributed by atoms with E-state index in [0.29, 0.717) is 6.04 Å². The second kappa shape index (κ2) is 6.50. The molecular formula is C13H24N4S. The average Bonchev–Trinajstić information content (AvgIpc) is 2.98. The Balaban J connectivity index is 1.91. The summed E-state index contributed by atoms with van der Waals surface area (Å²) in [7, 11) is 4.13. The lowest BCUT2D eigenvalue weighted by Gasteiger charge is -2.27. The van der Waals surface area contributed by atoms with Crippen LogP contribution in [0.4, 0.5) is 5.13 Å². The molecule has 1 atom stereocenters. The summed E-state index contributed by atoms with van der Waals surface area (Å²) >= 11 is 1.79. The van der Waals surface area contributed by atoms with Gasteiger partial charge in [0.1, 0.15) is 0 Å². The van der Waals surface area contributed by atoms with E-state index in [1.165, 1.54) is 30.8 Å². The van der Waals surface area contributed by atoms with Crippen LogP contribution < -0.4 is 10.2 Å². The first-order valence-electron chi connectivity index (χ1n) is 6.79. The summed E-state index contributed by atoms with van der Waals surface area (Å²) in [5, 5.41) is 4.31. The summed E-state index contributed by atoms with van der Waals surface area (Å²) in [5.74, 6) is 0. The summed E-state index contributed by atoms with van der Waals surface area (Å²) in [4.78, 5) is 10.7. The molecule has 2 heterocycles. The van der Waals surface area contributed by atoms with Gasteiger partial charge in [-0.2, -0.15) is 0 Å². The van der Waals surface area contributed by atoms with Crippen LogP contribution in [0.2, 0.25) is 0 Å². The Hall–Kier alpha value is -0.650. The maximum absolute atomic E-state index is 4.51. The van der Waals surface area contributed by atoms with Crippen LogP contribution in [0.15, 0.2) is 6.20 Å². The quantitative estimate of drug-likeness (QED) is 0.852. The highest BCUT2D eigenvalue weighted by Crippen LogP contribution is 2.24. The minimum Gasteiger partial charge on any atom is -0.350 e. The van der Waals surface area contributed by atoms with Crippen LogP contribution in [0.3, 0.4) is 0 Å². The fraction of sp³-hybridized carbons (Fsp3) is 0.769. The van der Waals surface area contributed by atoms with Gasteiger partial charge in [0, 0.05) is 37.3 Å². The lowest BCUT2D eigenvalue weighted by molar-refractivity contribution is 0.270. The molecule has 0 aromatic carbocycles. The lowest BCUT2D eigenvalue weighted by atomic mass is 10.2. The van der Waals surface area contributed by atoms with Crippen LogP contribution in [0.5, 0.6) is 0 Å². The molecule has 1 fully saturated rings. The van der Waals surface area contributed by atoms with Gasteiger partial charge >= 0.3 is 0 Å². The molecule has 0 radical (unpaired) electrons. The molecule has 1 unspecified atom stereocenters. The molecule has 1 aromatic heterocycles. The molecule has 2 rings (SSSR count). The smallest absolute Gasteiger partial charge is 0.185 e. The third kappa shape index (κ3) is 3.22. The molecule has 0 aliphatic carbocycles. The largest absolute Gasteiger partial charge is 0.350 e. The van der Waals surface area contributed by atoms with Gasteiger partial charge < -0.3 is 10.2 Å². The molecule has 1 aliphatic heterocycles. The molecule has 1 saturated heterocycles. The first-order valence-corrected chi connectivity index (χ1v) is 7.60. The van der Waals surface area contributed by atoms with Crippen molar-refractivity contribution in [3.63, 3.8) is 0 Å². The standard InChI is InChI=1S/C13H24N4S/c1-4-17-7-5-6-11(17)10-16(3)13-15-9-12(18-13)8-14-2/h9,11,14H,4-8,10H2,1-3H3. The Morgan fingerprint density at radius 3 is 3.17 bits per heavy atom. The van der Waals surface area contributed by atoms with E-state index in [9.17, 15) is 0 Å². The Labute approximate surface area is 114 Å². The van der Waals surface area contributed by atoms with E-state index in [4.69, 9.17) is 0 Å². The molecule has 5 heteroatoms. The van der Waals surface area contributed by atoms with Gasteiger partial charge in [-0.25, -0.2) is 4.98 Å². The molecule has 18 heavy (non-hydrogen) atoms. The number of nitrogens with one attached hydrogen (secondary N) is 1. The van der Waals surface area contributed by atoms with Crippen LogP contribution in [-0.2, 0) is 6.54 Å². The number of aromatic nitrogens is 1. The summed E-state index contributed by atoms with van der Waals surface area (Å²) in [6, 6.07) is 0.705. The van der Waals surface area contributed by atoms with Crippen molar-refractivity contribution in [1.29, 1.82) is 0 Å². The van der Waals surface area contributed by atoms with Crippen LogP contribution in [0.1, 0.15) is 24.6 Å². The lowest BCUT2D eigenvalue weighted by Crippen LogP contribution is -2.38. The van der Waals surface area contributed by atoms with E-state index in [1.807, 2.05) is 13.2 Å². The maximum Gasteiger partial charge on any atom is 0.185 e. The first kappa shape index (κ1) is 13.8. The Bertz CT molecular complexity index is 366. The van der Waals surface area contributed by atoms with Gasteiger partial charge in [-0.1, -0.05) is 6.92 Å². The number of thiazole rings is 1. The van der Waals surface area contributed by atoms with E-state index < -0.39 is 0 Å². The predicted molar refractivity (Wildman–Crippen MR) is 78.4 cm³/mol. The number of hydrogen-bond acceptors (Lipinski definition) is 5. The maximum atomic E-state index is 4.51. The zero-order valence-corrected chi connectivity index (χ0v) is 12.5. The molecule has 4 nitrogen and oxygen atoms in total. The van der Waals surface area contributed by atoms with Crippen LogP contribution in [0, 0.1) is 0 Å². The van der Waals surface area contributed by atoms with Crippen molar-refractivity contribution in [2.75, 3.05) is 38.6 Å². The zero-order chi connectivity index (χ0) is 13.0. The highest BCUT2D eigenvalue weighted by Gasteiger charge is 2.24. The van der Waals surface area contributed by atoms with E-state index in [0.717, 1.165) is 18.2 Å².